The quantitative estimate of drug-likeness (QED) is 0.731. The molecule has 5 heteroatoms. The average Bonchev–Trinajstić information content (AvgIpc) is 3.21. The second kappa shape index (κ2) is 7.38. The minimum atomic E-state index is -0.577. The largest absolute Gasteiger partial charge is 0.444 e. The number of hydrogen-bond acceptors (Lipinski definition) is 4. The van der Waals surface area contributed by atoms with Crippen molar-refractivity contribution < 1.29 is 14.3 Å². The average molecular weight is 405 g/mol. The molecule has 2 aliphatic heterocycles. The van der Waals surface area contributed by atoms with Gasteiger partial charge in [-0.05, 0) is 44.9 Å². The van der Waals surface area contributed by atoms with Gasteiger partial charge in [-0.1, -0.05) is 48.5 Å². The maximum atomic E-state index is 13.0. The molecule has 0 radical (unpaired) electrons. The van der Waals surface area contributed by atoms with E-state index in [9.17, 15) is 9.59 Å². The summed E-state index contributed by atoms with van der Waals surface area (Å²) in [5, 5.41) is 0. The molecule has 1 amide bonds. The predicted octanol–water partition coefficient (Wildman–Crippen LogP) is 4.90. The second-order valence-electron chi connectivity index (χ2n) is 9.28. The third-order valence-corrected chi connectivity index (χ3v) is 5.85. The zero-order chi connectivity index (χ0) is 21.5. The van der Waals surface area contributed by atoms with Gasteiger partial charge in [-0.3, -0.25) is 4.99 Å². The summed E-state index contributed by atoms with van der Waals surface area (Å²) in [6.07, 6.45) is 0.0455. The number of rotatable bonds is 3. The van der Waals surface area contributed by atoms with E-state index in [-0.39, 0.29) is 17.8 Å². The first kappa shape index (κ1) is 20.3. The van der Waals surface area contributed by atoms with Crippen molar-refractivity contribution >= 4 is 23.3 Å². The smallest absolute Gasteiger partial charge is 0.410 e. The van der Waals surface area contributed by atoms with E-state index in [4.69, 9.17) is 9.73 Å². The molecular formula is C25H28N2O3. The maximum Gasteiger partial charge on any atom is 0.410 e. The molecule has 2 unspecified atom stereocenters. The zero-order valence-electron chi connectivity index (χ0n) is 18.0. The van der Waals surface area contributed by atoms with Gasteiger partial charge in [0.05, 0.1) is 16.8 Å². The zero-order valence-corrected chi connectivity index (χ0v) is 18.0. The lowest BCUT2D eigenvalue weighted by molar-refractivity contribution is -0.118. The minimum absolute atomic E-state index is 0.0647. The molecule has 1 fully saturated rings. The fourth-order valence-corrected chi connectivity index (χ4v) is 4.76. The Bertz CT molecular complexity index is 1010. The van der Waals surface area contributed by atoms with Gasteiger partial charge in [0, 0.05) is 25.4 Å². The number of benzene rings is 2. The Labute approximate surface area is 177 Å². The summed E-state index contributed by atoms with van der Waals surface area (Å²) in [5.41, 5.74) is 2.85. The van der Waals surface area contributed by atoms with Gasteiger partial charge in [-0.2, -0.15) is 0 Å². The van der Waals surface area contributed by atoms with Crippen LogP contribution in [0.3, 0.4) is 0 Å². The number of hydrogen-bond donors (Lipinski definition) is 0. The number of ketones is 1. The molecule has 0 bridgehead atoms. The number of nitrogens with zero attached hydrogens (tertiary/aromatic N) is 2. The van der Waals surface area contributed by atoms with Crippen LogP contribution in [-0.2, 0) is 14.9 Å². The topological polar surface area (TPSA) is 59.0 Å². The fourth-order valence-electron chi connectivity index (χ4n) is 4.76. The lowest BCUT2D eigenvalue weighted by Gasteiger charge is -2.33. The molecular weight excluding hydrogens is 376 g/mol. The number of ether oxygens (including phenoxy) is 1. The Morgan fingerprint density at radius 2 is 1.77 bits per heavy atom. The first-order chi connectivity index (χ1) is 14.2. The molecule has 1 saturated heterocycles. The van der Waals surface area contributed by atoms with Gasteiger partial charge in [0.2, 0.25) is 0 Å². The number of fused-ring (bicyclic) bond motifs is 2. The molecule has 4 rings (SSSR count). The maximum absolute atomic E-state index is 13.0. The van der Waals surface area contributed by atoms with E-state index < -0.39 is 11.0 Å². The first-order valence-electron chi connectivity index (χ1n) is 10.4. The number of carbonyl (C=O) groups is 2. The van der Waals surface area contributed by atoms with E-state index in [1.54, 1.807) is 11.8 Å². The molecule has 30 heavy (non-hydrogen) atoms. The van der Waals surface area contributed by atoms with Gasteiger partial charge in [0.1, 0.15) is 11.4 Å². The Hall–Kier alpha value is -2.95. The summed E-state index contributed by atoms with van der Waals surface area (Å²) < 4.78 is 5.67. The standard InChI is InChI=1S/C25H28N2O3/c1-17(28)14-19-15-27(23(29)30-24(2,3)4)16-25(19)20-12-8-9-13-21(20)26-22(25)18-10-6-5-7-11-18/h5-13,19H,14-16H2,1-4H3. The molecule has 156 valence electrons. The molecule has 2 atom stereocenters. The Morgan fingerprint density at radius 3 is 2.43 bits per heavy atom. The molecule has 2 aromatic rings. The number of para-hydroxylation sites is 1. The molecule has 0 aliphatic carbocycles. The van der Waals surface area contributed by atoms with Gasteiger partial charge in [0.15, 0.2) is 0 Å². The van der Waals surface area contributed by atoms with E-state index in [0.29, 0.717) is 19.5 Å². The summed E-state index contributed by atoms with van der Waals surface area (Å²) in [6.45, 7) is 8.13. The van der Waals surface area contributed by atoms with Crippen LogP contribution in [0, 0.1) is 5.92 Å². The second-order valence-corrected chi connectivity index (χ2v) is 9.28. The number of Topliss-reactive ketones (excluding diaryl/α,β-unsaturated/α-hetero) is 1. The first-order valence-corrected chi connectivity index (χ1v) is 10.4. The Morgan fingerprint density at radius 1 is 1.10 bits per heavy atom. The SMILES string of the molecule is CC(=O)CC1CN(C(=O)OC(C)(C)C)CC12C(c1ccccc1)=Nc1ccccc12. The van der Waals surface area contributed by atoms with Crippen molar-refractivity contribution in [3.05, 3.63) is 65.7 Å². The van der Waals surface area contributed by atoms with Crippen LogP contribution in [0.1, 0.15) is 45.2 Å². The van der Waals surface area contributed by atoms with Crippen molar-refractivity contribution in [1.29, 1.82) is 0 Å². The third-order valence-electron chi connectivity index (χ3n) is 5.85. The highest BCUT2D eigenvalue weighted by Gasteiger charge is 2.56. The van der Waals surface area contributed by atoms with E-state index in [0.717, 1.165) is 22.5 Å². The molecule has 2 heterocycles. The Kier molecular flexibility index (Phi) is 5.00. The van der Waals surface area contributed by atoms with Crippen LogP contribution in [0.4, 0.5) is 10.5 Å². The summed E-state index contributed by atoms with van der Waals surface area (Å²) in [7, 11) is 0. The van der Waals surface area contributed by atoms with Crippen molar-refractivity contribution in [2.24, 2.45) is 10.9 Å². The van der Waals surface area contributed by atoms with Crippen LogP contribution < -0.4 is 0 Å². The molecule has 2 aliphatic rings. The van der Waals surface area contributed by atoms with Crippen LogP contribution in [0.2, 0.25) is 0 Å². The third kappa shape index (κ3) is 3.53. The van der Waals surface area contributed by atoms with Crippen LogP contribution in [0.25, 0.3) is 0 Å². The van der Waals surface area contributed by atoms with Gasteiger partial charge >= 0.3 is 6.09 Å². The molecule has 0 aromatic heterocycles. The van der Waals surface area contributed by atoms with Crippen molar-refractivity contribution in [1.82, 2.24) is 4.90 Å². The molecule has 1 spiro atoms. The van der Waals surface area contributed by atoms with Crippen LogP contribution in [-0.4, -0.2) is 41.2 Å². The van der Waals surface area contributed by atoms with Gasteiger partial charge < -0.3 is 14.4 Å². The summed E-state index contributed by atoms with van der Waals surface area (Å²) in [4.78, 5) is 32.0. The van der Waals surface area contributed by atoms with Crippen molar-refractivity contribution in [2.45, 2.75) is 45.1 Å². The van der Waals surface area contributed by atoms with Crippen molar-refractivity contribution in [2.75, 3.05) is 13.1 Å². The number of aliphatic imine (C=N–C) groups is 1. The van der Waals surface area contributed by atoms with Crippen LogP contribution in [0.5, 0.6) is 0 Å². The molecule has 0 saturated carbocycles. The minimum Gasteiger partial charge on any atom is -0.444 e. The number of carbonyl (C=O) groups excluding carboxylic acids is 2. The lowest BCUT2D eigenvalue weighted by Crippen LogP contribution is -2.43. The monoisotopic (exact) mass is 404 g/mol. The summed E-state index contributed by atoms with van der Waals surface area (Å²) in [6, 6.07) is 18.1. The van der Waals surface area contributed by atoms with E-state index >= 15 is 0 Å². The summed E-state index contributed by atoms with van der Waals surface area (Å²) in [5.74, 6) is 0.0485. The Balaban J connectivity index is 1.83. The van der Waals surface area contributed by atoms with Gasteiger partial charge in [-0.25, -0.2) is 4.79 Å². The summed E-state index contributed by atoms with van der Waals surface area (Å²) >= 11 is 0. The molecule has 0 N–H and O–H groups in total. The number of likely N-dealkylation sites (tertiary alicyclic amines) is 1. The van der Waals surface area contributed by atoms with Gasteiger partial charge in [0.25, 0.3) is 0 Å². The highest BCUT2D eigenvalue weighted by molar-refractivity contribution is 6.14. The van der Waals surface area contributed by atoms with E-state index in [2.05, 4.69) is 6.07 Å². The lowest BCUT2D eigenvalue weighted by atomic mass is 9.67. The van der Waals surface area contributed by atoms with Gasteiger partial charge in [-0.15, -0.1) is 0 Å². The predicted molar refractivity (Wildman–Crippen MR) is 117 cm³/mol. The highest BCUT2D eigenvalue weighted by Crippen LogP contribution is 2.51. The van der Waals surface area contributed by atoms with Crippen LogP contribution in [0.15, 0.2) is 59.6 Å². The highest BCUT2D eigenvalue weighted by atomic mass is 16.6. The fraction of sp³-hybridized carbons (Fsp3) is 0.400. The molecule has 2 aromatic carbocycles. The van der Waals surface area contributed by atoms with E-state index in [1.807, 2.05) is 69.3 Å². The van der Waals surface area contributed by atoms with Crippen molar-refractivity contribution in [3.8, 4) is 0 Å². The van der Waals surface area contributed by atoms with Crippen molar-refractivity contribution in [3.63, 3.8) is 0 Å². The molecule has 5 nitrogen and oxygen atoms in total. The normalized spacial score (nSPS) is 22.7. The van der Waals surface area contributed by atoms with Crippen LogP contribution >= 0.6 is 0 Å². The number of amides is 1. The van der Waals surface area contributed by atoms with E-state index in [1.165, 1.54) is 0 Å².